The van der Waals surface area contributed by atoms with Gasteiger partial charge in [-0.15, -0.1) is 0 Å². The standard InChI is InChI=1S/C12H18N2O2S/c1-9-7-10(13)3-4-11(9)17(15,16)14-8-12(2)5-6-12/h3-4,7,14H,5-6,8,13H2,1-2H3. The Hall–Kier alpha value is -1.07. The zero-order valence-corrected chi connectivity index (χ0v) is 11.0. The molecule has 5 heteroatoms. The van der Waals surface area contributed by atoms with E-state index in [0.717, 1.165) is 12.8 Å². The molecule has 0 spiro atoms. The molecule has 4 nitrogen and oxygen atoms in total. The van der Waals surface area contributed by atoms with Crippen LogP contribution in [-0.4, -0.2) is 15.0 Å². The molecule has 1 aromatic carbocycles. The van der Waals surface area contributed by atoms with Crippen molar-refractivity contribution in [3.05, 3.63) is 23.8 Å². The number of nitrogens with two attached hydrogens (primary N) is 1. The second kappa shape index (κ2) is 3.99. The average Bonchev–Trinajstić information content (AvgIpc) is 2.94. The summed E-state index contributed by atoms with van der Waals surface area (Å²) >= 11 is 0. The second-order valence-electron chi connectivity index (χ2n) is 5.16. The van der Waals surface area contributed by atoms with Crippen molar-refractivity contribution >= 4 is 15.7 Å². The van der Waals surface area contributed by atoms with Gasteiger partial charge in [-0.25, -0.2) is 13.1 Å². The first kappa shape index (κ1) is 12.4. The Bertz CT molecular complexity index is 533. The number of rotatable bonds is 4. The Morgan fingerprint density at radius 2 is 2.06 bits per heavy atom. The van der Waals surface area contributed by atoms with Crippen LogP contribution in [0.4, 0.5) is 5.69 Å². The first-order valence-corrected chi connectivity index (χ1v) is 7.17. The molecule has 3 N–H and O–H groups in total. The monoisotopic (exact) mass is 254 g/mol. The summed E-state index contributed by atoms with van der Waals surface area (Å²) in [7, 11) is -3.41. The molecule has 0 unspecified atom stereocenters. The van der Waals surface area contributed by atoms with Gasteiger partial charge in [0.25, 0.3) is 0 Å². The predicted octanol–water partition coefficient (Wildman–Crippen LogP) is 1.66. The number of anilines is 1. The van der Waals surface area contributed by atoms with E-state index in [9.17, 15) is 8.42 Å². The minimum Gasteiger partial charge on any atom is -0.399 e. The molecule has 94 valence electrons. The van der Waals surface area contributed by atoms with Crippen LogP contribution in [0.1, 0.15) is 25.3 Å². The van der Waals surface area contributed by atoms with E-state index in [1.165, 1.54) is 0 Å². The molecule has 0 heterocycles. The molecule has 1 saturated carbocycles. The second-order valence-corrected chi connectivity index (χ2v) is 6.90. The van der Waals surface area contributed by atoms with Gasteiger partial charge in [-0.2, -0.15) is 0 Å². The quantitative estimate of drug-likeness (QED) is 0.803. The van der Waals surface area contributed by atoms with Crippen molar-refractivity contribution in [3.63, 3.8) is 0 Å². The van der Waals surface area contributed by atoms with Crippen molar-refractivity contribution in [3.8, 4) is 0 Å². The third-order valence-corrected chi connectivity index (χ3v) is 4.84. The van der Waals surface area contributed by atoms with E-state index >= 15 is 0 Å². The van der Waals surface area contributed by atoms with Gasteiger partial charge in [0, 0.05) is 12.2 Å². The summed E-state index contributed by atoms with van der Waals surface area (Å²) in [6.45, 7) is 4.36. The van der Waals surface area contributed by atoms with Gasteiger partial charge in [-0.1, -0.05) is 6.92 Å². The molecular weight excluding hydrogens is 236 g/mol. The Balaban J connectivity index is 2.19. The third kappa shape index (κ3) is 2.79. The Kier molecular flexibility index (Phi) is 2.91. The van der Waals surface area contributed by atoms with Crippen molar-refractivity contribution in [2.45, 2.75) is 31.6 Å². The number of benzene rings is 1. The fourth-order valence-corrected chi connectivity index (χ4v) is 3.14. The summed E-state index contributed by atoms with van der Waals surface area (Å²) in [5, 5.41) is 0. The highest BCUT2D eigenvalue weighted by atomic mass is 32.2. The maximum absolute atomic E-state index is 12.1. The summed E-state index contributed by atoms with van der Waals surface area (Å²) in [6, 6.07) is 4.84. The van der Waals surface area contributed by atoms with E-state index in [4.69, 9.17) is 5.73 Å². The molecule has 1 aromatic rings. The van der Waals surface area contributed by atoms with Crippen LogP contribution in [0.5, 0.6) is 0 Å². The molecule has 0 bridgehead atoms. The van der Waals surface area contributed by atoms with Crippen molar-refractivity contribution in [1.29, 1.82) is 0 Å². The van der Waals surface area contributed by atoms with Crippen molar-refractivity contribution < 1.29 is 8.42 Å². The first-order valence-electron chi connectivity index (χ1n) is 5.68. The van der Waals surface area contributed by atoms with Gasteiger partial charge in [0.15, 0.2) is 0 Å². The van der Waals surface area contributed by atoms with Crippen LogP contribution in [0.25, 0.3) is 0 Å². The summed E-state index contributed by atoms with van der Waals surface area (Å²) in [6.07, 6.45) is 2.19. The first-order chi connectivity index (χ1) is 7.82. The highest BCUT2D eigenvalue weighted by molar-refractivity contribution is 7.89. The zero-order valence-electron chi connectivity index (χ0n) is 10.2. The minimum absolute atomic E-state index is 0.161. The van der Waals surface area contributed by atoms with Crippen molar-refractivity contribution in [1.82, 2.24) is 4.72 Å². The van der Waals surface area contributed by atoms with Gasteiger partial charge in [0.05, 0.1) is 4.90 Å². The lowest BCUT2D eigenvalue weighted by Gasteiger charge is -2.12. The predicted molar refractivity (Wildman–Crippen MR) is 68.1 cm³/mol. The van der Waals surface area contributed by atoms with Crippen LogP contribution in [0.15, 0.2) is 23.1 Å². The van der Waals surface area contributed by atoms with Gasteiger partial charge in [0.1, 0.15) is 0 Å². The molecule has 2 rings (SSSR count). The molecule has 0 radical (unpaired) electrons. The van der Waals surface area contributed by atoms with E-state index in [1.54, 1.807) is 25.1 Å². The summed E-state index contributed by atoms with van der Waals surface area (Å²) in [5.41, 5.74) is 7.03. The maximum Gasteiger partial charge on any atom is 0.240 e. The summed E-state index contributed by atoms with van der Waals surface area (Å²) < 4.78 is 26.8. The third-order valence-electron chi connectivity index (χ3n) is 3.28. The van der Waals surface area contributed by atoms with E-state index < -0.39 is 10.0 Å². The number of aryl methyl sites for hydroxylation is 1. The Labute approximate surface area is 102 Å². The lowest BCUT2D eigenvalue weighted by atomic mass is 10.2. The molecule has 17 heavy (non-hydrogen) atoms. The van der Waals surface area contributed by atoms with Crippen LogP contribution in [0.3, 0.4) is 0 Å². The molecule has 1 aliphatic rings. The van der Waals surface area contributed by atoms with Gasteiger partial charge in [0.2, 0.25) is 10.0 Å². The number of sulfonamides is 1. The fourth-order valence-electron chi connectivity index (χ4n) is 1.71. The number of hydrogen-bond donors (Lipinski definition) is 2. The van der Waals surface area contributed by atoms with Gasteiger partial charge in [-0.3, -0.25) is 0 Å². The Morgan fingerprint density at radius 3 is 2.59 bits per heavy atom. The Morgan fingerprint density at radius 1 is 1.41 bits per heavy atom. The molecule has 1 aliphatic carbocycles. The molecule has 0 amide bonds. The summed E-state index contributed by atoms with van der Waals surface area (Å²) in [4.78, 5) is 0.316. The van der Waals surface area contributed by atoms with Crippen molar-refractivity contribution in [2.75, 3.05) is 12.3 Å². The van der Waals surface area contributed by atoms with E-state index in [-0.39, 0.29) is 5.41 Å². The minimum atomic E-state index is -3.41. The number of nitrogen functional groups attached to an aromatic ring is 1. The van der Waals surface area contributed by atoms with Crippen LogP contribution in [0.2, 0.25) is 0 Å². The fraction of sp³-hybridized carbons (Fsp3) is 0.500. The van der Waals surface area contributed by atoms with Crippen LogP contribution >= 0.6 is 0 Å². The number of hydrogen-bond acceptors (Lipinski definition) is 3. The van der Waals surface area contributed by atoms with Crippen molar-refractivity contribution in [2.24, 2.45) is 5.41 Å². The molecular formula is C12H18N2O2S. The molecule has 0 atom stereocenters. The highest BCUT2D eigenvalue weighted by Gasteiger charge is 2.38. The topological polar surface area (TPSA) is 72.2 Å². The highest BCUT2D eigenvalue weighted by Crippen LogP contribution is 2.44. The maximum atomic E-state index is 12.1. The number of nitrogens with one attached hydrogen (secondary N) is 1. The molecule has 1 fully saturated rings. The average molecular weight is 254 g/mol. The van der Waals surface area contributed by atoms with Crippen LogP contribution in [0, 0.1) is 12.3 Å². The lowest BCUT2D eigenvalue weighted by molar-refractivity contribution is 0.530. The van der Waals surface area contributed by atoms with E-state index in [2.05, 4.69) is 11.6 Å². The largest absolute Gasteiger partial charge is 0.399 e. The summed E-state index contributed by atoms with van der Waals surface area (Å²) in [5.74, 6) is 0. The van der Waals surface area contributed by atoms with Gasteiger partial charge < -0.3 is 5.73 Å². The van der Waals surface area contributed by atoms with E-state index in [1.807, 2.05) is 0 Å². The van der Waals surface area contributed by atoms with Gasteiger partial charge >= 0.3 is 0 Å². The zero-order chi connectivity index (χ0) is 12.7. The smallest absolute Gasteiger partial charge is 0.240 e. The van der Waals surface area contributed by atoms with Crippen LogP contribution < -0.4 is 10.5 Å². The lowest BCUT2D eigenvalue weighted by Crippen LogP contribution is -2.29. The molecule has 0 aromatic heterocycles. The molecule has 0 aliphatic heterocycles. The SMILES string of the molecule is Cc1cc(N)ccc1S(=O)(=O)NCC1(C)CC1. The normalized spacial score (nSPS) is 18.0. The van der Waals surface area contributed by atoms with Gasteiger partial charge in [-0.05, 0) is 48.9 Å². The van der Waals surface area contributed by atoms with Crippen LogP contribution in [-0.2, 0) is 10.0 Å². The molecule has 0 saturated heterocycles. The van der Waals surface area contributed by atoms with E-state index in [0.29, 0.717) is 22.7 Å².